The number of carbonyl (C=O) groups excluding carboxylic acids is 1. The van der Waals surface area contributed by atoms with Crippen molar-refractivity contribution in [1.29, 1.82) is 0 Å². The van der Waals surface area contributed by atoms with E-state index in [1.54, 1.807) is 0 Å². The van der Waals surface area contributed by atoms with Crippen molar-refractivity contribution in [2.75, 3.05) is 199 Å². The normalized spacial score (nSPS) is 14.3. The van der Waals surface area contributed by atoms with Crippen LogP contribution in [0.1, 0.15) is 38.5 Å². The van der Waals surface area contributed by atoms with Crippen molar-refractivity contribution in [3.8, 4) is 0 Å². The average Bonchev–Trinajstić information content (AvgIpc) is 1.74. The second-order valence-corrected chi connectivity index (χ2v) is 50.5. The summed E-state index contributed by atoms with van der Waals surface area (Å²) in [5, 5.41) is 2.92. The number of nitrogens with one attached hydrogen (secondary N) is 1. The number of carbonyl (C=O) groups is 1. The predicted molar refractivity (Wildman–Crippen MR) is 327 cm³/mol. The Morgan fingerprint density at radius 3 is 0.461 bits per heavy atom. The van der Waals surface area contributed by atoms with Gasteiger partial charge in [-0.3, -0.25) is 4.79 Å². The topological polar surface area (TPSA) is 361 Å². The minimum Gasteiger partial charge on any atom is -0.358 e. The monoisotopic (exact) mass is 1510 g/mol. The van der Waals surface area contributed by atoms with E-state index in [0.717, 1.165) is 0 Å². The van der Waals surface area contributed by atoms with Gasteiger partial charge in [-0.05, 0) is 43.9 Å². The molecule has 0 rings (SSSR count). The Hall–Kier alpha value is 0.633. The third kappa shape index (κ3) is 24.5. The van der Waals surface area contributed by atoms with Gasteiger partial charge in [-0.15, -0.1) is 0 Å². The van der Waals surface area contributed by atoms with Gasteiger partial charge in [0.05, 0.1) is 0 Å². The van der Waals surface area contributed by atoms with Crippen molar-refractivity contribution in [3.63, 3.8) is 0 Å². The molecule has 1 N–H and O–H groups in total. The maximum atomic E-state index is 12.8. The smallest absolute Gasteiger partial charge is 0.358 e. The molecule has 0 saturated carbocycles. The Morgan fingerprint density at radius 2 is 0.360 bits per heavy atom. The summed E-state index contributed by atoms with van der Waals surface area (Å²) in [4.78, 5) is 12.8. The fourth-order valence-electron chi connectivity index (χ4n) is 8.67. The molecule has 0 aromatic carbocycles. The highest BCUT2D eigenvalue weighted by Gasteiger charge is 2.70. The molecule has 0 radical (unpaired) electrons. The van der Waals surface area contributed by atoms with Crippen LogP contribution in [0.5, 0.6) is 0 Å². The van der Waals surface area contributed by atoms with E-state index in [4.69, 9.17) is 157 Å². The van der Waals surface area contributed by atoms with E-state index in [9.17, 15) is 4.79 Å². The van der Waals surface area contributed by atoms with Crippen LogP contribution in [0.2, 0.25) is 18.1 Å². The second-order valence-electron chi connectivity index (χ2n) is 17.5. The van der Waals surface area contributed by atoms with Gasteiger partial charge in [0.15, 0.2) is 0 Å². The molecule has 0 spiro atoms. The van der Waals surface area contributed by atoms with Crippen LogP contribution in [0.3, 0.4) is 0 Å². The molecule has 0 aliphatic rings. The molecule has 0 aromatic rings. The molecular formula is C39H103NO37Si12. The molecular weight excluding hydrogens is 1410 g/mol. The standard InChI is InChI=1S/C39H103NO37Si12/c1-42-81(43-2,44-3)69-78(70-82(45-4,46-5)47-6,71-83(48-7,49-8)50-9)34-28-31-39(37-40-38-41,32-29-35-79(72-84(51-10,52-11)53-12,73-85(54-13,55-14)56-15)74-86(57-16,58-17)59-18)33-30-36-80(75-87(60-19,61-20)62-21,76-88(63-22,64-23)65-24)77-89(66-25,67-26)68-27/h38H,28-37H2,1-27H3,(H,40,41). The second kappa shape index (κ2) is 42.4. The average molecular weight is 1520 g/mol. The fraction of sp³-hybridized carbons (Fsp3) is 0.974. The molecule has 50 heteroatoms. The van der Waals surface area contributed by atoms with Crippen LogP contribution in [0.15, 0.2) is 0 Å². The maximum Gasteiger partial charge on any atom is 0.671 e. The third-order valence-corrected chi connectivity index (χ3v) is 50.0. The first-order chi connectivity index (χ1) is 42.2. The Kier molecular flexibility index (Phi) is 42.7. The summed E-state index contributed by atoms with van der Waals surface area (Å²) in [6.07, 6.45) is 1.02. The van der Waals surface area contributed by atoms with Crippen LogP contribution in [-0.4, -0.2) is 313 Å². The van der Waals surface area contributed by atoms with Gasteiger partial charge in [0, 0.05) is 217 Å². The van der Waals surface area contributed by atoms with Gasteiger partial charge in [-0.1, -0.05) is 0 Å². The first-order valence-corrected chi connectivity index (χ1v) is 47.1. The molecule has 0 fully saturated rings. The fourth-order valence-corrected chi connectivity index (χ4v) is 46.3. The van der Waals surface area contributed by atoms with Crippen LogP contribution in [0.4, 0.5) is 0 Å². The van der Waals surface area contributed by atoms with Crippen molar-refractivity contribution < 1.29 is 161 Å². The van der Waals surface area contributed by atoms with E-state index in [1.165, 1.54) is 192 Å². The highest BCUT2D eigenvalue weighted by molar-refractivity contribution is 6.84. The van der Waals surface area contributed by atoms with Gasteiger partial charge >= 0.3 is 108 Å². The minimum absolute atomic E-state index is 0.0517. The molecule has 0 aliphatic carbocycles. The maximum absolute atomic E-state index is 12.8. The lowest BCUT2D eigenvalue weighted by molar-refractivity contribution is -0.110. The van der Waals surface area contributed by atoms with Crippen molar-refractivity contribution in [2.45, 2.75) is 56.7 Å². The Morgan fingerprint density at radius 1 is 0.236 bits per heavy atom. The van der Waals surface area contributed by atoms with E-state index in [0.29, 0.717) is 6.41 Å². The number of rotatable bonds is 60. The van der Waals surface area contributed by atoms with Gasteiger partial charge in [0.2, 0.25) is 6.41 Å². The molecule has 89 heavy (non-hydrogen) atoms. The Labute approximate surface area is 539 Å². The van der Waals surface area contributed by atoms with Gasteiger partial charge in [-0.25, -0.2) is 0 Å². The quantitative estimate of drug-likeness (QED) is 0.0636. The highest BCUT2D eigenvalue weighted by Crippen LogP contribution is 2.43. The van der Waals surface area contributed by atoms with Crippen molar-refractivity contribution in [2.24, 2.45) is 5.41 Å². The Bertz CT molecular complexity index is 1430. The summed E-state index contributed by atoms with van der Waals surface area (Å²) in [5.41, 5.74) is -1.14. The van der Waals surface area contributed by atoms with Crippen molar-refractivity contribution >= 4 is 114 Å². The number of hydrogen-bond donors (Lipinski definition) is 1. The summed E-state index contributed by atoms with van der Waals surface area (Å²) < 4.78 is 219. The van der Waals surface area contributed by atoms with E-state index >= 15 is 0 Å². The molecule has 0 unspecified atom stereocenters. The molecule has 0 saturated heterocycles. The first kappa shape index (κ1) is 89.6. The van der Waals surface area contributed by atoms with E-state index in [-0.39, 0.29) is 63.2 Å². The summed E-state index contributed by atoms with van der Waals surface area (Å²) >= 11 is 0. The summed E-state index contributed by atoms with van der Waals surface area (Å²) in [5.74, 6) is 0. The molecule has 0 aliphatic heterocycles. The zero-order chi connectivity index (χ0) is 68.4. The molecule has 534 valence electrons. The van der Waals surface area contributed by atoms with Crippen molar-refractivity contribution in [1.82, 2.24) is 5.32 Å². The van der Waals surface area contributed by atoms with E-state index in [1.807, 2.05) is 0 Å². The van der Waals surface area contributed by atoms with Gasteiger partial charge in [-0.2, -0.15) is 0 Å². The lowest BCUT2D eigenvalue weighted by atomic mass is 9.75. The predicted octanol–water partition coefficient (Wildman–Crippen LogP) is 0.399. The van der Waals surface area contributed by atoms with Crippen LogP contribution >= 0.6 is 0 Å². The molecule has 38 nitrogen and oxygen atoms in total. The van der Waals surface area contributed by atoms with Crippen molar-refractivity contribution in [3.05, 3.63) is 0 Å². The number of amides is 1. The zero-order valence-electron chi connectivity index (χ0n) is 56.8. The summed E-state index contributed by atoms with van der Waals surface area (Å²) in [6, 6.07) is -0.607. The molecule has 0 aromatic heterocycles. The largest absolute Gasteiger partial charge is 0.671 e. The Balaban J connectivity index is 9.51. The lowest BCUT2D eigenvalue weighted by Gasteiger charge is -2.43. The summed E-state index contributed by atoms with van der Waals surface area (Å²) in [6.45, 7) is -0.0754. The molecule has 0 heterocycles. The van der Waals surface area contributed by atoms with E-state index < -0.39 is 113 Å². The van der Waals surface area contributed by atoms with Crippen LogP contribution in [0, 0.1) is 5.41 Å². The first-order valence-electron chi connectivity index (χ1n) is 26.6. The van der Waals surface area contributed by atoms with Crippen LogP contribution in [0.25, 0.3) is 0 Å². The van der Waals surface area contributed by atoms with Crippen LogP contribution in [-0.2, 0) is 161 Å². The molecule has 0 bridgehead atoms. The third-order valence-electron chi connectivity index (χ3n) is 13.4. The summed E-state index contributed by atoms with van der Waals surface area (Å²) in [7, 11) is -17.5. The van der Waals surface area contributed by atoms with Gasteiger partial charge in [0.25, 0.3) is 0 Å². The molecule has 0 atom stereocenters. The highest BCUT2D eigenvalue weighted by atomic mass is 28.6. The van der Waals surface area contributed by atoms with E-state index in [2.05, 4.69) is 5.32 Å². The lowest BCUT2D eigenvalue weighted by Crippen LogP contribution is -2.69. The SMILES string of the molecule is CO[Si](OC)(OC)O[Si](CCCC(CCC[Si](O[Si](OC)(OC)OC)(O[Si](OC)(OC)OC)O[Si](OC)(OC)OC)(CCC[Si](O[Si](OC)(OC)OC)(O[Si](OC)(OC)OC)O[Si](OC)(OC)OC)CNC=O)(O[Si](OC)(OC)OC)O[Si](OC)(OC)OC. The van der Waals surface area contributed by atoms with Crippen LogP contribution < -0.4 is 5.32 Å². The minimum atomic E-state index is -4.74. The zero-order valence-corrected chi connectivity index (χ0v) is 68.8. The molecule has 1 amide bonds. The van der Waals surface area contributed by atoms with Gasteiger partial charge < -0.3 is 162 Å². The number of hydrogen-bond acceptors (Lipinski definition) is 37. The van der Waals surface area contributed by atoms with Gasteiger partial charge in [0.1, 0.15) is 0 Å².